The maximum absolute atomic E-state index is 13.2. The zero-order valence-electron chi connectivity index (χ0n) is 21.7. The van der Waals surface area contributed by atoms with Crippen LogP contribution in [0.25, 0.3) is 0 Å². The Labute approximate surface area is 216 Å². The molecule has 1 heterocycles. The van der Waals surface area contributed by atoms with Gasteiger partial charge in [-0.15, -0.1) is 0 Å². The van der Waals surface area contributed by atoms with E-state index in [1.54, 1.807) is 6.07 Å². The van der Waals surface area contributed by atoms with Crippen LogP contribution in [0, 0.1) is 13.8 Å². The number of rotatable bonds is 7. The lowest BCUT2D eigenvalue weighted by Crippen LogP contribution is -2.31. The second kappa shape index (κ2) is 10.4. The summed E-state index contributed by atoms with van der Waals surface area (Å²) in [5.41, 5.74) is 5.40. The van der Waals surface area contributed by atoms with Crippen LogP contribution in [0.15, 0.2) is 54.6 Å². The lowest BCUT2D eigenvalue weighted by atomic mass is 10.0. The van der Waals surface area contributed by atoms with Gasteiger partial charge in [0, 0.05) is 5.69 Å². The number of imide groups is 1. The molecule has 0 aromatic heterocycles. The number of amides is 3. The predicted molar refractivity (Wildman–Crippen MR) is 142 cm³/mol. The van der Waals surface area contributed by atoms with Gasteiger partial charge in [0.1, 0.15) is 0 Å². The number of nitrogens with one attached hydrogen (secondary N) is 1. The standard InChI is InChI=1S/C30H30N2O5/c1-6-20-9-8-10-21(7-2)26(20)31-27(33)19(5)37-30(36)22-13-14-23-24(16-22)29(35)32(28(23)34)25-15-17(3)11-12-18(25)4/h8-16,19H,6-7H2,1-5H3,(H,31,33). The predicted octanol–water partition coefficient (Wildman–Crippen LogP) is 5.41. The van der Waals surface area contributed by atoms with E-state index in [-0.39, 0.29) is 16.7 Å². The van der Waals surface area contributed by atoms with Crippen molar-refractivity contribution < 1.29 is 23.9 Å². The number of aryl methyl sites for hydroxylation is 4. The molecule has 1 unspecified atom stereocenters. The van der Waals surface area contributed by atoms with E-state index < -0.39 is 29.8 Å². The van der Waals surface area contributed by atoms with Gasteiger partial charge >= 0.3 is 5.97 Å². The summed E-state index contributed by atoms with van der Waals surface area (Å²) < 4.78 is 5.42. The Kier molecular flexibility index (Phi) is 7.25. The molecule has 1 aliphatic heterocycles. The highest BCUT2D eigenvalue weighted by atomic mass is 16.5. The smallest absolute Gasteiger partial charge is 0.338 e. The van der Waals surface area contributed by atoms with Gasteiger partial charge in [0.2, 0.25) is 0 Å². The molecule has 0 spiro atoms. The maximum Gasteiger partial charge on any atom is 0.338 e. The Hall–Kier alpha value is -4.26. The third kappa shape index (κ3) is 4.89. The zero-order chi connectivity index (χ0) is 26.9. The Morgan fingerprint density at radius 2 is 1.54 bits per heavy atom. The number of hydrogen-bond acceptors (Lipinski definition) is 5. The monoisotopic (exact) mass is 498 g/mol. The van der Waals surface area contributed by atoms with E-state index in [4.69, 9.17) is 4.74 Å². The molecule has 1 aliphatic rings. The number of esters is 1. The Morgan fingerprint density at radius 1 is 0.892 bits per heavy atom. The third-order valence-electron chi connectivity index (χ3n) is 6.63. The molecule has 7 heteroatoms. The van der Waals surface area contributed by atoms with Gasteiger partial charge in [-0.2, -0.15) is 0 Å². The minimum atomic E-state index is -1.07. The molecule has 1 atom stereocenters. The minimum Gasteiger partial charge on any atom is -0.449 e. The van der Waals surface area contributed by atoms with Crippen LogP contribution in [0.2, 0.25) is 0 Å². The summed E-state index contributed by atoms with van der Waals surface area (Å²) in [6, 6.07) is 15.7. The van der Waals surface area contributed by atoms with Gasteiger partial charge in [-0.05, 0) is 80.1 Å². The maximum atomic E-state index is 13.2. The van der Waals surface area contributed by atoms with E-state index in [9.17, 15) is 19.2 Å². The fourth-order valence-corrected chi connectivity index (χ4v) is 4.46. The summed E-state index contributed by atoms with van der Waals surface area (Å²) in [5.74, 6) is -2.15. The first-order valence-electron chi connectivity index (χ1n) is 12.4. The van der Waals surface area contributed by atoms with E-state index in [0.717, 1.165) is 45.7 Å². The van der Waals surface area contributed by atoms with Gasteiger partial charge in [-0.1, -0.05) is 44.2 Å². The molecule has 0 bridgehead atoms. The largest absolute Gasteiger partial charge is 0.449 e. The number of fused-ring (bicyclic) bond motifs is 1. The van der Waals surface area contributed by atoms with Gasteiger partial charge in [0.05, 0.1) is 22.4 Å². The summed E-state index contributed by atoms with van der Waals surface area (Å²) >= 11 is 0. The van der Waals surface area contributed by atoms with Gasteiger partial charge in [-0.3, -0.25) is 14.4 Å². The second-order valence-electron chi connectivity index (χ2n) is 9.19. The fourth-order valence-electron chi connectivity index (χ4n) is 4.46. The minimum absolute atomic E-state index is 0.0885. The lowest BCUT2D eigenvalue weighted by Gasteiger charge is -2.18. The van der Waals surface area contributed by atoms with Crippen molar-refractivity contribution in [2.45, 2.75) is 53.6 Å². The highest BCUT2D eigenvalue weighted by Gasteiger charge is 2.38. The number of para-hydroxylation sites is 1. The molecule has 0 saturated carbocycles. The van der Waals surface area contributed by atoms with Crippen LogP contribution in [0.3, 0.4) is 0 Å². The number of benzene rings is 3. The van der Waals surface area contributed by atoms with Crippen molar-refractivity contribution >= 4 is 35.1 Å². The van der Waals surface area contributed by atoms with E-state index >= 15 is 0 Å². The van der Waals surface area contributed by atoms with Gasteiger partial charge in [-0.25, -0.2) is 9.69 Å². The first-order chi connectivity index (χ1) is 17.7. The summed E-state index contributed by atoms with van der Waals surface area (Å²) in [5, 5.41) is 2.90. The van der Waals surface area contributed by atoms with Crippen LogP contribution < -0.4 is 10.2 Å². The molecule has 0 fully saturated rings. The summed E-state index contributed by atoms with van der Waals surface area (Å²) in [6.45, 7) is 9.23. The van der Waals surface area contributed by atoms with Crippen LogP contribution in [0.4, 0.5) is 11.4 Å². The van der Waals surface area contributed by atoms with Crippen molar-refractivity contribution in [2.24, 2.45) is 0 Å². The first-order valence-corrected chi connectivity index (χ1v) is 12.4. The van der Waals surface area contributed by atoms with Crippen molar-refractivity contribution in [3.8, 4) is 0 Å². The van der Waals surface area contributed by atoms with Crippen LogP contribution in [0.1, 0.15) is 74.1 Å². The third-order valence-corrected chi connectivity index (χ3v) is 6.63. The quantitative estimate of drug-likeness (QED) is 0.347. The van der Waals surface area contributed by atoms with Gasteiger partial charge < -0.3 is 10.1 Å². The average molecular weight is 499 g/mol. The summed E-state index contributed by atoms with van der Waals surface area (Å²) in [6.07, 6.45) is 0.427. The first kappa shape index (κ1) is 25.8. The second-order valence-corrected chi connectivity index (χ2v) is 9.19. The SMILES string of the molecule is CCc1cccc(CC)c1NC(=O)C(C)OC(=O)c1ccc2c(c1)C(=O)N(c1cc(C)ccc1C)C2=O. The average Bonchev–Trinajstić information content (AvgIpc) is 3.14. The zero-order valence-corrected chi connectivity index (χ0v) is 21.7. The fraction of sp³-hybridized carbons (Fsp3) is 0.267. The molecule has 3 aromatic rings. The van der Waals surface area contributed by atoms with Crippen molar-refractivity contribution in [3.63, 3.8) is 0 Å². The van der Waals surface area contributed by atoms with Crippen molar-refractivity contribution in [2.75, 3.05) is 10.2 Å². The van der Waals surface area contributed by atoms with Crippen molar-refractivity contribution in [1.82, 2.24) is 0 Å². The normalized spacial score (nSPS) is 13.4. The van der Waals surface area contributed by atoms with E-state index in [1.807, 2.05) is 58.0 Å². The van der Waals surface area contributed by atoms with Crippen LogP contribution in [-0.4, -0.2) is 29.8 Å². The van der Waals surface area contributed by atoms with E-state index in [0.29, 0.717) is 5.69 Å². The molecule has 1 N–H and O–H groups in total. The van der Waals surface area contributed by atoms with Crippen molar-refractivity contribution in [3.05, 3.63) is 93.5 Å². The number of hydrogen-bond donors (Lipinski definition) is 1. The van der Waals surface area contributed by atoms with Crippen LogP contribution >= 0.6 is 0 Å². The molecule has 3 aromatic carbocycles. The molecule has 0 saturated heterocycles. The van der Waals surface area contributed by atoms with Gasteiger partial charge in [0.25, 0.3) is 17.7 Å². The number of carbonyl (C=O) groups excluding carboxylic acids is 4. The van der Waals surface area contributed by atoms with E-state index in [2.05, 4.69) is 5.32 Å². The molecule has 3 amide bonds. The number of carbonyl (C=O) groups is 4. The van der Waals surface area contributed by atoms with Crippen LogP contribution in [0.5, 0.6) is 0 Å². The Balaban J connectivity index is 1.52. The lowest BCUT2D eigenvalue weighted by molar-refractivity contribution is -0.123. The van der Waals surface area contributed by atoms with E-state index in [1.165, 1.54) is 25.1 Å². The number of anilines is 2. The highest BCUT2D eigenvalue weighted by molar-refractivity contribution is 6.35. The van der Waals surface area contributed by atoms with Crippen molar-refractivity contribution in [1.29, 1.82) is 0 Å². The molecule has 7 nitrogen and oxygen atoms in total. The molecule has 0 radical (unpaired) electrons. The topological polar surface area (TPSA) is 92.8 Å². The van der Waals surface area contributed by atoms with Gasteiger partial charge in [0.15, 0.2) is 6.10 Å². The number of ether oxygens (including phenoxy) is 1. The summed E-state index contributed by atoms with van der Waals surface area (Å²) in [7, 11) is 0. The molecule has 4 rings (SSSR count). The summed E-state index contributed by atoms with van der Waals surface area (Å²) in [4.78, 5) is 53.1. The highest BCUT2D eigenvalue weighted by Crippen LogP contribution is 2.32. The number of nitrogens with zero attached hydrogens (tertiary/aromatic N) is 1. The molecular weight excluding hydrogens is 468 g/mol. The molecule has 0 aliphatic carbocycles. The molecule has 190 valence electrons. The Bertz CT molecular complexity index is 1400. The Morgan fingerprint density at radius 3 is 2.19 bits per heavy atom. The van der Waals surface area contributed by atoms with Crippen LogP contribution in [-0.2, 0) is 22.4 Å². The molecule has 37 heavy (non-hydrogen) atoms. The molecular formula is C30H30N2O5.